The second-order valence-corrected chi connectivity index (χ2v) is 7.65. The first kappa shape index (κ1) is 16.5. The fraction of sp³-hybridized carbons (Fsp3) is 0.400. The fourth-order valence-electron chi connectivity index (χ4n) is 5.28. The molecule has 2 fully saturated rings. The van der Waals surface area contributed by atoms with Crippen molar-refractivity contribution in [3.8, 4) is 0 Å². The van der Waals surface area contributed by atoms with E-state index in [9.17, 15) is 18.4 Å². The number of hydrogen-bond donors (Lipinski definition) is 1. The van der Waals surface area contributed by atoms with Crippen LogP contribution in [0.5, 0.6) is 0 Å². The molecule has 5 atom stereocenters. The number of ether oxygens (including phenoxy) is 1. The lowest BCUT2D eigenvalue weighted by Crippen LogP contribution is -2.45. The third kappa shape index (κ3) is 2.27. The summed E-state index contributed by atoms with van der Waals surface area (Å²) in [6, 6.07) is 2.66. The third-order valence-corrected chi connectivity index (χ3v) is 6.38. The van der Waals surface area contributed by atoms with Crippen molar-refractivity contribution in [3.05, 3.63) is 47.7 Å². The highest BCUT2D eigenvalue weighted by atomic mass is 19.1. The van der Waals surface area contributed by atoms with Gasteiger partial charge in [0.15, 0.2) is 0 Å². The average molecular weight is 372 g/mol. The van der Waals surface area contributed by atoms with E-state index in [0.29, 0.717) is 12.5 Å². The second-order valence-electron chi connectivity index (χ2n) is 7.65. The standard InChI is InChI=1S/C20H18F2N2O3/c1-27-20(26)18-17-10-3-2-9(4-10)13(17)8-24(18)19(25)16-7-12-14(22)5-11(21)6-15(12)23-16/h2-3,5-7,9-10,13,17-18,23H,4,8H2,1H3/t9-,10+,13-,17+,18+/m1/s1. The largest absolute Gasteiger partial charge is 0.467 e. The highest BCUT2D eigenvalue weighted by Gasteiger charge is 2.58. The van der Waals surface area contributed by atoms with Crippen LogP contribution in [-0.4, -0.2) is 41.5 Å². The van der Waals surface area contributed by atoms with E-state index in [2.05, 4.69) is 17.1 Å². The Morgan fingerprint density at radius 2 is 1.96 bits per heavy atom. The predicted molar refractivity (Wildman–Crippen MR) is 92.8 cm³/mol. The molecule has 2 aromatic rings. The Kier molecular flexibility index (Phi) is 3.44. The van der Waals surface area contributed by atoms with Gasteiger partial charge in [0.1, 0.15) is 23.4 Å². The number of carbonyl (C=O) groups excluding carboxylic acids is 2. The normalized spacial score (nSPS) is 30.9. The topological polar surface area (TPSA) is 62.4 Å². The molecule has 0 spiro atoms. The van der Waals surface area contributed by atoms with Crippen molar-refractivity contribution in [2.75, 3.05) is 13.7 Å². The van der Waals surface area contributed by atoms with Gasteiger partial charge in [-0.1, -0.05) is 12.2 Å². The Morgan fingerprint density at radius 3 is 2.74 bits per heavy atom. The lowest BCUT2D eigenvalue weighted by molar-refractivity contribution is -0.146. The molecule has 1 N–H and O–H groups in total. The van der Waals surface area contributed by atoms with E-state index >= 15 is 0 Å². The van der Waals surface area contributed by atoms with Gasteiger partial charge in [-0.25, -0.2) is 13.6 Å². The lowest BCUT2D eigenvalue weighted by atomic mass is 9.82. The van der Waals surface area contributed by atoms with Crippen molar-refractivity contribution in [1.29, 1.82) is 0 Å². The summed E-state index contributed by atoms with van der Waals surface area (Å²) in [4.78, 5) is 30.0. The van der Waals surface area contributed by atoms with Crippen molar-refractivity contribution in [3.63, 3.8) is 0 Å². The molecule has 5 rings (SSSR count). The summed E-state index contributed by atoms with van der Waals surface area (Å²) in [5, 5.41) is 0.149. The summed E-state index contributed by atoms with van der Waals surface area (Å²) in [6.07, 6.45) is 5.33. The molecule has 1 aromatic heterocycles. The molecule has 1 saturated heterocycles. The van der Waals surface area contributed by atoms with Crippen LogP contribution in [0.25, 0.3) is 10.9 Å². The molecule has 27 heavy (non-hydrogen) atoms. The van der Waals surface area contributed by atoms with E-state index in [1.165, 1.54) is 18.1 Å². The molecule has 0 unspecified atom stereocenters. The van der Waals surface area contributed by atoms with Crippen LogP contribution in [-0.2, 0) is 9.53 Å². The maximum atomic E-state index is 14.0. The van der Waals surface area contributed by atoms with Gasteiger partial charge in [-0.2, -0.15) is 0 Å². The van der Waals surface area contributed by atoms with Gasteiger partial charge in [0.25, 0.3) is 5.91 Å². The van der Waals surface area contributed by atoms with Gasteiger partial charge in [-0.3, -0.25) is 4.79 Å². The predicted octanol–water partition coefficient (Wildman–Crippen LogP) is 2.88. The SMILES string of the molecule is COC(=O)[C@@H]1[C@@H]2[C@H](CN1C(=O)c1cc3c(F)cc(F)cc3[nH]1)[C@@H]1C=C[C@H]2C1. The molecule has 1 saturated carbocycles. The quantitative estimate of drug-likeness (QED) is 0.651. The minimum atomic E-state index is -0.731. The number of carbonyl (C=O) groups is 2. The fourth-order valence-corrected chi connectivity index (χ4v) is 5.28. The number of methoxy groups -OCH3 is 1. The van der Waals surface area contributed by atoms with Gasteiger partial charge in [0, 0.05) is 23.9 Å². The molecule has 2 bridgehead atoms. The van der Waals surface area contributed by atoms with E-state index in [1.54, 1.807) is 0 Å². The van der Waals surface area contributed by atoms with Crippen LogP contribution in [0.2, 0.25) is 0 Å². The van der Waals surface area contributed by atoms with Crippen LogP contribution in [0.1, 0.15) is 16.9 Å². The van der Waals surface area contributed by atoms with Crippen LogP contribution >= 0.6 is 0 Å². The Morgan fingerprint density at radius 1 is 1.19 bits per heavy atom. The maximum absolute atomic E-state index is 14.0. The number of likely N-dealkylation sites (tertiary alicyclic amines) is 1. The highest BCUT2D eigenvalue weighted by Crippen LogP contribution is 2.54. The van der Waals surface area contributed by atoms with Gasteiger partial charge in [-0.15, -0.1) is 0 Å². The van der Waals surface area contributed by atoms with Gasteiger partial charge in [-0.05, 0) is 36.3 Å². The zero-order valence-corrected chi connectivity index (χ0v) is 14.6. The lowest BCUT2D eigenvalue weighted by Gasteiger charge is -2.27. The summed E-state index contributed by atoms with van der Waals surface area (Å²) >= 11 is 0. The summed E-state index contributed by atoms with van der Waals surface area (Å²) in [6.45, 7) is 0.459. The van der Waals surface area contributed by atoms with E-state index in [4.69, 9.17) is 4.74 Å². The number of halogens is 2. The summed E-state index contributed by atoms with van der Waals surface area (Å²) in [5.41, 5.74) is 0.357. The molecule has 140 valence electrons. The number of aromatic amines is 1. The highest BCUT2D eigenvalue weighted by molar-refractivity contribution is 6.00. The first-order valence-corrected chi connectivity index (χ1v) is 9.03. The molecule has 3 aliphatic rings. The van der Waals surface area contributed by atoms with Crippen molar-refractivity contribution in [2.45, 2.75) is 12.5 Å². The van der Waals surface area contributed by atoms with Crippen LogP contribution in [0.15, 0.2) is 30.4 Å². The molecule has 2 heterocycles. The Balaban J connectivity index is 1.52. The number of fused-ring (bicyclic) bond motifs is 6. The van der Waals surface area contributed by atoms with Crippen LogP contribution in [0, 0.1) is 35.3 Å². The number of amides is 1. The van der Waals surface area contributed by atoms with Gasteiger partial charge in [0.05, 0.1) is 12.6 Å². The summed E-state index contributed by atoms with van der Waals surface area (Å²) in [7, 11) is 1.32. The molecule has 1 aliphatic heterocycles. The Labute approximate surface area is 154 Å². The van der Waals surface area contributed by atoms with Crippen LogP contribution in [0.3, 0.4) is 0 Å². The minimum absolute atomic E-state index is 0.0509. The smallest absolute Gasteiger partial charge is 0.328 e. The number of allylic oxidation sites excluding steroid dienone is 2. The van der Waals surface area contributed by atoms with E-state index < -0.39 is 29.6 Å². The number of H-pyrrole nitrogens is 1. The van der Waals surface area contributed by atoms with Crippen LogP contribution in [0.4, 0.5) is 8.78 Å². The van der Waals surface area contributed by atoms with Crippen molar-refractivity contribution >= 4 is 22.8 Å². The number of esters is 1. The minimum Gasteiger partial charge on any atom is -0.467 e. The average Bonchev–Trinajstić information content (AvgIpc) is 3.39. The first-order chi connectivity index (χ1) is 13.0. The number of nitrogens with one attached hydrogen (secondary N) is 1. The molecular formula is C20H18F2N2O3. The van der Waals surface area contributed by atoms with Crippen molar-refractivity contribution < 1.29 is 23.1 Å². The zero-order chi connectivity index (χ0) is 18.9. The van der Waals surface area contributed by atoms with Crippen LogP contribution < -0.4 is 0 Å². The number of benzene rings is 1. The van der Waals surface area contributed by atoms with E-state index in [-0.39, 0.29) is 34.4 Å². The van der Waals surface area contributed by atoms with E-state index in [0.717, 1.165) is 18.6 Å². The number of aromatic nitrogens is 1. The maximum Gasteiger partial charge on any atom is 0.328 e. The molecule has 7 heteroatoms. The Hall–Kier alpha value is -2.70. The molecule has 5 nitrogen and oxygen atoms in total. The third-order valence-electron chi connectivity index (χ3n) is 6.38. The number of rotatable bonds is 2. The molecule has 2 aliphatic carbocycles. The van der Waals surface area contributed by atoms with Gasteiger partial charge < -0.3 is 14.6 Å². The number of hydrogen-bond acceptors (Lipinski definition) is 3. The molecule has 1 amide bonds. The summed E-state index contributed by atoms with van der Waals surface area (Å²) < 4.78 is 32.4. The molecule has 0 radical (unpaired) electrons. The van der Waals surface area contributed by atoms with E-state index in [1.807, 2.05) is 0 Å². The number of nitrogens with zero attached hydrogens (tertiary/aromatic N) is 1. The second kappa shape index (κ2) is 5.65. The van der Waals surface area contributed by atoms with Gasteiger partial charge in [0.2, 0.25) is 0 Å². The Bertz CT molecular complexity index is 999. The van der Waals surface area contributed by atoms with Crippen molar-refractivity contribution in [2.24, 2.45) is 23.7 Å². The molecule has 1 aromatic carbocycles. The first-order valence-electron chi connectivity index (χ1n) is 9.03. The zero-order valence-electron chi connectivity index (χ0n) is 14.6. The summed E-state index contributed by atoms with van der Waals surface area (Å²) in [5.74, 6) is -1.34. The van der Waals surface area contributed by atoms with Gasteiger partial charge >= 0.3 is 5.97 Å². The monoisotopic (exact) mass is 372 g/mol. The molecular weight excluding hydrogens is 354 g/mol. The van der Waals surface area contributed by atoms with Crippen molar-refractivity contribution in [1.82, 2.24) is 9.88 Å².